The highest BCUT2D eigenvalue weighted by molar-refractivity contribution is 5.26. The zero-order valence-electron chi connectivity index (χ0n) is 8.64. The van der Waals surface area contributed by atoms with Crippen LogP contribution in [0.25, 0.3) is 0 Å². The molecule has 0 spiro atoms. The minimum absolute atomic E-state index is 0.464. The SMILES string of the molecule is C=C/C(N)=C\C(=C)C(C)CCNC. The molecule has 0 aliphatic carbocycles. The van der Waals surface area contributed by atoms with Crippen LogP contribution in [0.1, 0.15) is 13.3 Å². The monoisotopic (exact) mass is 180 g/mol. The molecule has 0 aromatic heterocycles. The quantitative estimate of drug-likeness (QED) is 0.612. The fourth-order valence-electron chi connectivity index (χ4n) is 0.961. The molecule has 0 saturated carbocycles. The first-order valence-corrected chi connectivity index (χ1v) is 4.54. The van der Waals surface area contributed by atoms with Crippen LogP contribution in [-0.2, 0) is 0 Å². The van der Waals surface area contributed by atoms with Crippen molar-refractivity contribution in [2.24, 2.45) is 11.7 Å². The highest BCUT2D eigenvalue weighted by Crippen LogP contribution is 2.14. The summed E-state index contributed by atoms with van der Waals surface area (Å²) in [5.41, 5.74) is 7.35. The average molecular weight is 180 g/mol. The second-order valence-corrected chi connectivity index (χ2v) is 3.22. The summed E-state index contributed by atoms with van der Waals surface area (Å²) in [6.45, 7) is 10.7. The van der Waals surface area contributed by atoms with Crippen molar-refractivity contribution < 1.29 is 0 Å². The molecule has 0 fully saturated rings. The standard InChI is InChI=1S/C11H20N2/c1-5-11(12)8-10(3)9(2)6-7-13-4/h5,8-9,13H,1,3,6-7,12H2,2,4H3/b11-8+. The Balaban J connectivity index is 4.03. The number of nitrogens with two attached hydrogens (primary N) is 1. The van der Waals surface area contributed by atoms with Gasteiger partial charge in [0.1, 0.15) is 0 Å². The molecule has 1 unspecified atom stereocenters. The molecule has 0 saturated heterocycles. The van der Waals surface area contributed by atoms with E-state index in [1.165, 1.54) is 0 Å². The molecule has 2 nitrogen and oxygen atoms in total. The lowest BCUT2D eigenvalue weighted by Crippen LogP contribution is -2.12. The average Bonchev–Trinajstić information content (AvgIpc) is 2.13. The van der Waals surface area contributed by atoms with E-state index in [-0.39, 0.29) is 0 Å². The van der Waals surface area contributed by atoms with Gasteiger partial charge in [0.15, 0.2) is 0 Å². The van der Waals surface area contributed by atoms with Crippen molar-refractivity contribution in [3.63, 3.8) is 0 Å². The van der Waals surface area contributed by atoms with Gasteiger partial charge in [0.2, 0.25) is 0 Å². The van der Waals surface area contributed by atoms with Gasteiger partial charge in [0.05, 0.1) is 0 Å². The van der Waals surface area contributed by atoms with Crippen LogP contribution in [0, 0.1) is 5.92 Å². The van der Waals surface area contributed by atoms with Gasteiger partial charge in [-0.2, -0.15) is 0 Å². The maximum absolute atomic E-state index is 5.61. The Morgan fingerprint density at radius 2 is 2.23 bits per heavy atom. The topological polar surface area (TPSA) is 38.0 Å². The van der Waals surface area contributed by atoms with Crippen LogP contribution >= 0.6 is 0 Å². The Morgan fingerprint density at radius 1 is 1.62 bits per heavy atom. The molecule has 0 bridgehead atoms. The second kappa shape index (κ2) is 6.49. The summed E-state index contributed by atoms with van der Waals surface area (Å²) >= 11 is 0. The Labute approximate surface area is 81.2 Å². The van der Waals surface area contributed by atoms with Crippen LogP contribution < -0.4 is 11.1 Å². The van der Waals surface area contributed by atoms with Crippen molar-refractivity contribution >= 4 is 0 Å². The Hall–Kier alpha value is -1.02. The van der Waals surface area contributed by atoms with E-state index in [4.69, 9.17) is 5.73 Å². The van der Waals surface area contributed by atoms with Crippen molar-refractivity contribution in [2.45, 2.75) is 13.3 Å². The van der Waals surface area contributed by atoms with Crippen molar-refractivity contribution in [3.8, 4) is 0 Å². The zero-order chi connectivity index (χ0) is 10.3. The van der Waals surface area contributed by atoms with Crippen molar-refractivity contribution in [2.75, 3.05) is 13.6 Å². The van der Waals surface area contributed by atoms with Crippen LogP contribution in [0.2, 0.25) is 0 Å². The molecule has 0 radical (unpaired) electrons. The summed E-state index contributed by atoms with van der Waals surface area (Å²) < 4.78 is 0. The largest absolute Gasteiger partial charge is 0.399 e. The van der Waals surface area contributed by atoms with Gasteiger partial charge in [-0.15, -0.1) is 0 Å². The van der Waals surface area contributed by atoms with E-state index < -0.39 is 0 Å². The predicted molar refractivity (Wildman–Crippen MR) is 59.3 cm³/mol. The molecule has 0 aromatic rings. The first kappa shape index (κ1) is 12.0. The van der Waals surface area contributed by atoms with E-state index in [2.05, 4.69) is 25.4 Å². The predicted octanol–water partition coefficient (Wildman–Crippen LogP) is 1.82. The summed E-state index contributed by atoms with van der Waals surface area (Å²) in [6, 6.07) is 0. The lowest BCUT2D eigenvalue weighted by atomic mass is 9.98. The number of rotatable bonds is 6. The van der Waals surface area contributed by atoms with Crippen molar-refractivity contribution in [1.29, 1.82) is 0 Å². The molecular weight excluding hydrogens is 160 g/mol. The summed E-state index contributed by atoms with van der Waals surface area (Å²) in [7, 11) is 1.95. The van der Waals surface area contributed by atoms with Gasteiger partial charge < -0.3 is 11.1 Å². The number of hydrogen-bond donors (Lipinski definition) is 2. The lowest BCUT2D eigenvalue weighted by Gasteiger charge is -2.11. The number of nitrogens with one attached hydrogen (secondary N) is 1. The number of allylic oxidation sites excluding steroid dienone is 3. The molecule has 0 aliphatic heterocycles. The second-order valence-electron chi connectivity index (χ2n) is 3.22. The maximum atomic E-state index is 5.61. The van der Waals surface area contributed by atoms with Gasteiger partial charge in [0.25, 0.3) is 0 Å². The van der Waals surface area contributed by atoms with Gasteiger partial charge in [0, 0.05) is 5.70 Å². The zero-order valence-corrected chi connectivity index (χ0v) is 8.64. The summed E-state index contributed by atoms with van der Waals surface area (Å²) in [5, 5.41) is 3.11. The normalized spacial score (nSPS) is 13.8. The van der Waals surface area contributed by atoms with Gasteiger partial charge >= 0.3 is 0 Å². The molecule has 2 heteroatoms. The highest BCUT2D eigenvalue weighted by Gasteiger charge is 2.03. The molecule has 0 aromatic carbocycles. The first-order valence-electron chi connectivity index (χ1n) is 4.54. The Morgan fingerprint density at radius 3 is 2.69 bits per heavy atom. The van der Waals surface area contributed by atoms with E-state index in [9.17, 15) is 0 Å². The third-order valence-corrected chi connectivity index (χ3v) is 2.05. The van der Waals surface area contributed by atoms with Crippen LogP contribution in [-0.4, -0.2) is 13.6 Å². The minimum atomic E-state index is 0.464. The Kier molecular flexibility index (Phi) is 5.98. The molecule has 0 rings (SSSR count). The van der Waals surface area contributed by atoms with Crippen LogP contribution in [0.15, 0.2) is 36.6 Å². The fraction of sp³-hybridized carbons (Fsp3) is 0.455. The first-order chi connectivity index (χ1) is 6.11. The molecule has 1 atom stereocenters. The molecule has 13 heavy (non-hydrogen) atoms. The van der Waals surface area contributed by atoms with Gasteiger partial charge in [-0.25, -0.2) is 0 Å². The van der Waals surface area contributed by atoms with Gasteiger partial charge in [-0.1, -0.05) is 25.7 Å². The number of hydrogen-bond acceptors (Lipinski definition) is 2. The summed E-state index contributed by atoms with van der Waals surface area (Å²) in [4.78, 5) is 0. The lowest BCUT2D eigenvalue weighted by molar-refractivity contribution is 0.595. The van der Waals surface area contributed by atoms with Crippen LogP contribution in [0.4, 0.5) is 0 Å². The highest BCUT2D eigenvalue weighted by atomic mass is 14.8. The van der Waals surface area contributed by atoms with E-state index in [1.54, 1.807) is 6.08 Å². The summed E-state index contributed by atoms with van der Waals surface area (Å²) in [5.74, 6) is 0.464. The van der Waals surface area contributed by atoms with Crippen LogP contribution in [0.5, 0.6) is 0 Å². The summed E-state index contributed by atoms with van der Waals surface area (Å²) in [6.07, 6.45) is 4.60. The molecule has 0 heterocycles. The van der Waals surface area contributed by atoms with E-state index in [0.29, 0.717) is 11.6 Å². The van der Waals surface area contributed by atoms with Crippen molar-refractivity contribution in [1.82, 2.24) is 5.32 Å². The van der Waals surface area contributed by atoms with E-state index >= 15 is 0 Å². The molecule has 0 aliphatic rings. The molecular formula is C11H20N2. The molecule has 0 amide bonds. The van der Waals surface area contributed by atoms with E-state index in [1.807, 2.05) is 13.1 Å². The van der Waals surface area contributed by atoms with Crippen molar-refractivity contribution in [3.05, 3.63) is 36.6 Å². The fourth-order valence-corrected chi connectivity index (χ4v) is 0.961. The third-order valence-electron chi connectivity index (χ3n) is 2.05. The molecule has 3 N–H and O–H groups in total. The van der Waals surface area contributed by atoms with E-state index in [0.717, 1.165) is 18.5 Å². The third kappa shape index (κ3) is 5.26. The Bertz CT molecular complexity index is 204. The van der Waals surface area contributed by atoms with Gasteiger partial charge in [-0.05, 0) is 38.1 Å². The maximum Gasteiger partial charge on any atom is 0.0310 e. The smallest absolute Gasteiger partial charge is 0.0310 e. The minimum Gasteiger partial charge on any atom is -0.399 e. The van der Waals surface area contributed by atoms with Gasteiger partial charge in [-0.3, -0.25) is 0 Å². The molecule has 74 valence electrons. The van der Waals surface area contributed by atoms with Crippen LogP contribution in [0.3, 0.4) is 0 Å².